The lowest BCUT2D eigenvalue weighted by molar-refractivity contribution is -0.727. The largest absolute Gasteiger partial charge is 0.288 e. The third-order valence-corrected chi connectivity index (χ3v) is 3.97. The van der Waals surface area contributed by atoms with Gasteiger partial charge in [-0.15, -0.1) is 4.68 Å². The fourth-order valence-electron chi connectivity index (χ4n) is 3.21. The molecular weight excluding hydrogens is 252 g/mol. The Morgan fingerprint density at radius 2 is 2.15 bits per heavy atom. The quantitative estimate of drug-likeness (QED) is 0.633. The maximum absolute atomic E-state index is 12.0. The molecule has 0 radical (unpaired) electrons. The maximum atomic E-state index is 12.0. The molecule has 5 heteroatoms. The second-order valence-electron chi connectivity index (χ2n) is 6.18. The van der Waals surface area contributed by atoms with Crippen molar-refractivity contribution in [2.24, 2.45) is 7.05 Å². The van der Waals surface area contributed by atoms with Crippen LogP contribution in [0.4, 0.5) is 0 Å². The van der Waals surface area contributed by atoms with Crippen LogP contribution < -0.4 is 4.68 Å². The standard InChI is InChI=1S/C15H18N4O/c1-8(20)14-11-13(18-19(14)5)12-10(6-15(11,3)4)7-16-9(2)17-12/h7H,6H2,1-5H3/p+1. The first kappa shape index (κ1) is 13.0. The number of hydrogen-bond acceptors (Lipinski definition) is 3. The number of nitrogens with one attached hydrogen (secondary N) is 1. The average molecular weight is 271 g/mol. The number of ketones is 1. The van der Waals surface area contributed by atoms with Crippen molar-refractivity contribution in [2.45, 2.75) is 39.5 Å². The van der Waals surface area contributed by atoms with E-state index in [2.05, 4.69) is 28.9 Å². The highest BCUT2D eigenvalue weighted by atomic mass is 16.1. The summed E-state index contributed by atoms with van der Waals surface area (Å²) in [6.07, 6.45) is 2.74. The van der Waals surface area contributed by atoms with E-state index in [4.69, 9.17) is 0 Å². The fraction of sp³-hybridized carbons (Fsp3) is 0.467. The molecular formula is C15H19N4O+. The Morgan fingerprint density at radius 3 is 2.80 bits per heavy atom. The van der Waals surface area contributed by atoms with Crippen molar-refractivity contribution < 1.29 is 9.48 Å². The summed E-state index contributed by atoms with van der Waals surface area (Å²) < 4.78 is 1.81. The van der Waals surface area contributed by atoms with Crippen LogP contribution in [0.3, 0.4) is 0 Å². The van der Waals surface area contributed by atoms with Crippen LogP contribution in [0, 0.1) is 6.92 Å². The molecule has 5 nitrogen and oxygen atoms in total. The lowest BCUT2D eigenvalue weighted by atomic mass is 9.73. The van der Waals surface area contributed by atoms with Gasteiger partial charge in [0.25, 0.3) is 5.69 Å². The SMILES string of the molecule is CC(=O)c1c2c([nH][n+]1C)-c1nc(C)ncc1CC2(C)C. The summed E-state index contributed by atoms with van der Waals surface area (Å²) in [6.45, 7) is 7.82. The van der Waals surface area contributed by atoms with Crippen molar-refractivity contribution in [3.63, 3.8) is 0 Å². The van der Waals surface area contributed by atoms with E-state index in [1.807, 2.05) is 20.2 Å². The van der Waals surface area contributed by atoms with Gasteiger partial charge in [0.2, 0.25) is 5.78 Å². The molecule has 1 N–H and O–H groups in total. The Labute approximate surface area is 118 Å². The summed E-state index contributed by atoms with van der Waals surface area (Å²) in [6, 6.07) is 0. The summed E-state index contributed by atoms with van der Waals surface area (Å²) >= 11 is 0. The number of hydrogen-bond donors (Lipinski definition) is 1. The van der Waals surface area contributed by atoms with Gasteiger partial charge < -0.3 is 0 Å². The maximum Gasteiger partial charge on any atom is 0.277 e. The summed E-state index contributed by atoms with van der Waals surface area (Å²) in [5, 5.41) is 3.29. The van der Waals surface area contributed by atoms with Crippen LogP contribution in [0.5, 0.6) is 0 Å². The number of H-pyrrole nitrogens is 1. The van der Waals surface area contributed by atoms with Crippen molar-refractivity contribution in [1.29, 1.82) is 0 Å². The molecule has 2 aromatic rings. The minimum Gasteiger partial charge on any atom is -0.288 e. The van der Waals surface area contributed by atoms with Crippen molar-refractivity contribution in [3.8, 4) is 11.4 Å². The molecule has 0 aliphatic heterocycles. The fourth-order valence-corrected chi connectivity index (χ4v) is 3.21. The summed E-state index contributed by atoms with van der Waals surface area (Å²) in [4.78, 5) is 20.9. The molecule has 0 atom stereocenters. The molecule has 0 saturated heterocycles. The summed E-state index contributed by atoms with van der Waals surface area (Å²) in [7, 11) is 1.87. The molecule has 0 spiro atoms. The Bertz CT molecular complexity index is 728. The van der Waals surface area contributed by atoms with E-state index < -0.39 is 0 Å². The van der Waals surface area contributed by atoms with Gasteiger partial charge in [0.15, 0.2) is 7.05 Å². The number of aromatic nitrogens is 4. The van der Waals surface area contributed by atoms with Gasteiger partial charge in [0.05, 0.1) is 11.3 Å². The number of rotatable bonds is 1. The number of aryl methyl sites for hydroxylation is 2. The smallest absolute Gasteiger partial charge is 0.277 e. The molecule has 0 bridgehead atoms. The zero-order chi connectivity index (χ0) is 14.7. The topological polar surface area (TPSA) is 62.5 Å². The molecule has 0 fully saturated rings. The first-order valence-corrected chi connectivity index (χ1v) is 6.77. The number of carbonyl (C=O) groups excluding carboxylic acids is 1. The van der Waals surface area contributed by atoms with Gasteiger partial charge in [-0.3, -0.25) is 4.79 Å². The van der Waals surface area contributed by atoms with Crippen LogP contribution in [0.15, 0.2) is 6.20 Å². The van der Waals surface area contributed by atoms with E-state index in [1.165, 1.54) is 0 Å². The van der Waals surface area contributed by atoms with E-state index in [1.54, 1.807) is 11.6 Å². The molecule has 0 aromatic carbocycles. The van der Waals surface area contributed by atoms with Gasteiger partial charge in [-0.1, -0.05) is 13.8 Å². The van der Waals surface area contributed by atoms with E-state index in [0.717, 1.165) is 40.5 Å². The van der Waals surface area contributed by atoms with E-state index in [-0.39, 0.29) is 11.2 Å². The van der Waals surface area contributed by atoms with Gasteiger partial charge in [-0.25, -0.2) is 9.97 Å². The molecule has 0 saturated carbocycles. The lowest BCUT2D eigenvalue weighted by Gasteiger charge is -2.29. The molecule has 1 aliphatic carbocycles. The van der Waals surface area contributed by atoms with E-state index in [0.29, 0.717) is 0 Å². The van der Waals surface area contributed by atoms with E-state index >= 15 is 0 Å². The highest BCUT2D eigenvalue weighted by molar-refractivity contribution is 5.94. The Morgan fingerprint density at radius 1 is 1.45 bits per heavy atom. The van der Waals surface area contributed by atoms with Crippen LogP contribution >= 0.6 is 0 Å². The average Bonchev–Trinajstić information content (AvgIpc) is 2.69. The second-order valence-corrected chi connectivity index (χ2v) is 6.18. The Hall–Kier alpha value is -2.04. The van der Waals surface area contributed by atoms with Crippen LogP contribution in [0.2, 0.25) is 0 Å². The number of Topliss-reactive ketones (excluding diaryl/α,β-unsaturated/α-hetero) is 1. The van der Waals surface area contributed by atoms with Gasteiger partial charge in [0, 0.05) is 18.5 Å². The molecule has 20 heavy (non-hydrogen) atoms. The molecule has 0 unspecified atom stereocenters. The molecule has 1 aliphatic rings. The third kappa shape index (κ3) is 1.69. The minimum absolute atomic E-state index is 0.0762. The van der Waals surface area contributed by atoms with Gasteiger partial charge in [-0.2, -0.15) is 5.10 Å². The van der Waals surface area contributed by atoms with Gasteiger partial charge in [0.1, 0.15) is 11.5 Å². The van der Waals surface area contributed by atoms with Gasteiger partial charge >= 0.3 is 0 Å². The first-order chi connectivity index (χ1) is 9.31. The summed E-state index contributed by atoms with van der Waals surface area (Å²) in [5.41, 5.74) is 4.71. The Kier molecular flexibility index (Phi) is 2.58. The van der Waals surface area contributed by atoms with Crippen molar-refractivity contribution >= 4 is 5.78 Å². The van der Waals surface area contributed by atoms with Gasteiger partial charge in [-0.05, 0) is 18.9 Å². The van der Waals surface area contributed by atoms with E-state index in [9.17, 15) is 4.79 Å². The zero-order valence-corrected chi connectivity index (χ0v) is 12.5. The van der Waals surface area contributed by atoms with Crippen LogP contribution in [0.1, 0.15) is 48.2 Å². The first-order valence-electron chi connectivity index (χ1n) is 6.77. The second kappa shape index (κ2) is 3.98. The van der Waals surface area contributed by atoms with Crippen molar-refractivity contribution in [2.75, 3.05) is 0 Å². The third-order valence-electron chi connectivity index (χ3n) is 3.97. The molecule has 104 valence electrons. The van der Waals surface area contributed by atoms with Crippen molar-refractivity contribution in [3.05, 3.63) is 28.8 Å². The molecule has 0 amide bonds. The Balaban J connectivity index is 2.38. The number of carbonyl (C=O) groups is 1. The lowest BCUT2D eigenvalue weighted by Crippen LogP contribution is -2.37. The van der Waals surface area contributed by atoms with Crippen LogP contribution in [-0.4, -0.2) is 20.8 Å². The molecule has 2 aromatic heterocycles. The zero-order valence-electron chi connectivity index (χ0n) is 12.5. The van der Waals surface area contributed by atoms with Crippen molar-refractivity contribution in [1.82, 2.24) is 15.1 Å². The number of nitrogens with zero attached hydrogens (tertiary/aromatic N) is 3. The predicted octanol–water partition coefficient (Wildman–Crippen LogP) is 1.64. The number of fused-ring (bicyclic) bond motifs is 3. The number of aromatic amines is 1. The predicted molar refractivity (Wildman–Crippen MR) is 74.5 cm³/mol. The monoisotopic (exact) mass is 271 g/mol. The molecule has 3 rings (SSSR count). The molecule has 2 heterocycles. The van der Waals surface area contributed by atoms with Crippen LogP contribution in [-0.2, 0) is 18.9 Å². The highest BCUT2D eigenvalue weighted by Crippen LogP contribution is 2.42. The normalized spacial score (nSPS) is 15.7. The highest BCUT2D eigenvalue weighted by Gasteiger charge is 2.42. The van der Waals surface area contributed by atoms with Crippen LogP contribution in [0.25, 0.3) is 11.4 Å². The minimum atomic E-state index is -0.111. The summed E-state index contributed by atoms with van der Waals surface area (Å²) in [5.74, 6) is 0.823.